The van der Waals surface area contributed by atoms with Crippen LogP contribution in [-0.2, 0) is 0 Å². The number of rotatable bonds is 2. The molecule has 0 aromatic heterocycles. The lowest BCUT2D eigenvalue weighted by atomic mass is 9.84. The van der Waals surface area contributed by atoms with Crippen LogP contribution < -0.4 is 5.73 Å². The molecule has 1 aliphatic heterocycles. The summed E-state index contributed by atoms with van der Waals surface area (Å²) >= 11 is 2.11. The molecule has 100 valence electrons. The van der Waals surface area contributed by atoms with Gasteiger partial charge in [0.15, 0.2) is 0 Å². The fraction of sp³-hybridized carbons (Fsp3) is 1.00. The zero-order chi connectivity index (χ0) is 12.7. The summed E-state index contributed by atoms with van der Waals surface area (Å²) in [5.41, 5.74) is 6.95. The summed E-state index contributed by atoms with van der Waals surface area (Å²) in [6.07, 6.45) is 2.59. The molecule has 0 aromatic rings. The molecular formula is C14H28N2S. The average Bonchev–Trinajstić information content (AvgIpc) is 2.49. The second-order valence-corrected chi connectivity index (χ2v) is 8.43. The molecule has 3 atom stereocenters. The van der Waals surface area contributed by atoms with Gasteiger partial charge >= 0.3 is 0 Å². The van der Waals surface area contributed by atoms with Gasteiger partial charge in [0.1, 0.15) is 0 Å². The van der Waals surface area contributed by atoms with E-state index in [1.165, 1.54) is 31.7 Å². The zero-order valence-corrected chi connectivity index (χ0v) is 12.6. The van der Waals surface area contributed by atoms with E-state index in [-0.39, 0.29) is 5.54 Å². The molecule has 17 heavy (non-hydrogen) atoms. The van der Waals surface area contributed by atoms with Crippen molar-refractivity contribution in [2.45, 2.75) is 51.3 Å². The molecule has 1 heterocycles. The van der Waals surface area contributed by atoms with Gasteiger partial charge in [-0.2, -0.15) is 11.8 Å². The topological polar surface area (TPSA) is 29.3 Å². The smallest absolute Gasteiger partial charge is 0.0363 e. The molecule has 0 amide bonds. The van der Waals surface area contributed by atoms with Crippen LogP contribution in [-0.4, -0.2) is 41.1 Å². The minimum atomic E-state index is 0.277. The predicted molar refractivity (Wildman–Crippen MR) is 77.5 cm³/mol. The van der Waals surface area contributed by atoms with Gasteiger partial charge in [0.25, 0.3) is 0 Å². The second kappa shape index (κ2) is 4.75. The predicted octanol–water partition coefficient (Wildman–Crippen LogP) is 2.58. The molecule has 1 saturated heterocycles. The fourth-order valence-electron chi connectivity index (χ4n) is 4.14. The number of nitrogens with zero attached hydrogens (tertiary/aromatic N) is 1. The van der Waals surface area contributed by atoms with Gasteiger partial charge in [0.05, 0.1) is 0 Å². The van der Waals surface area contributed by atoms with Crippen LogP contribution in [0, 0.1) is 11.3 Å². The molecule has 2 fully saturated rings. The normalized spacial score (nSPS) is 42.9. The first-order chi connectivity index (χ1) is 7.89. The summed E-state index contributed by atoms with van der Waals surface area (Å²) in [6, 6.07) is 0. The Morgan fingerprint density at radius 3 is 2.53 bits per heavy atom. The van der Waals surface area contributed by atoms with Crippen LogP contribution >= 0.6 is 11.8 Å². The largest absolute Gasteiger partial charge is 0.329 e. The first-order valence-electron chi connectivity index (χ1n) is 6.96. The van der Waals surface area contributed by atoms with Crippen molar-refractivity contribution in [3.05, 3.63) is 0 Å². The van der Waals surface area contributed by atoms with Gasteiger partial charge in [0, 0.05) is 36.2 Å². The first-order valence-corrected chi connectivity index (χ1v) is 8.01. The van der Waals surface area contributed by atoms with Crippen molar-refractivity contribution >= 4 is 11.8 Å². The van der Waals surface area contributed by atoms with E-state index >= 15 is 0 Å². The molecule has 1 saturated carbocycles. The van der Waals surface area contributed by atoms with E-state index in [0.717, 1.165) is 17.7 Å². The van der Waals surface area contributed by atoms with Gasteiger partial charge in [-0.1, -0.05) is 27.7 Å². The van der Waals surface area contributed by atoms with Crippen molar-refractivity contribution in [3.8, 4) is 0 Å². The van der Waals surface area contributed by atoms with E-state index in [4.69, 9.17) is 5.73 Å². The van der Waals surface area contributed by atoms with Crippen molar-refractivity contribution in [1.29, 1.82) is 0 Å². The van der Waals surface area contributed by atoms with E-state index in [0.29, 0.717) is 5.41 Å². The van der Waals surface area contributed by atoms with Gasteiger partial charge in [0.2, 0.25) is 0 Å². The highest BCUT2D eigenvalue weighted by Gasteiger charge is 2.51. The number of hydrogen-bond donors (Lipinski definition) is 1. The van der Waals surface area contributed by atoms with Gasteiger partial charge in [-0.15, -0.1) is 0 Å². The maximum atomic E-state index is 6.21. The molecule has 2 aliphatic rings. The Hall–Kier alpha value is 0.270. The highest BCUT2D eigenvalue weighted by Crippen LogP contribution is 2.50. The van der Waals surface area contributed by atoms with Gasteiger partial charge in [-0.3, -0.25) is 4.90 Å². The Balaban J connectivity index is 2.19. The molecule has 2 N–H and O–H groups in total. The van der Waals surface area contributed by atoms with Crippen LogP contribution in [0.1, 0.15) is 40.5 Å². The van der Waals surface area contributed by atoms with Crippen LogP contribution in [0.25, 0.3) is 0 Å². The maximum Gasteiger partial charge on any atom is 0.0363 e. The molecule has 1 aliphatic carbocycles. The van der Waals surface area contributed by atoms with E-state index in [1.54, 1.807) is 0 Å². The van der Waals surface area contributed by atoms with Crippen molar-refractivity contribution in [3.63, 3.8) is 0 Å². The summed E-state index contributed by atoms with van der Waals surface area (Å²) in [5.74, 6) is 2.01. The Bertz CT molecular complexity index is 279. The average molecular weight is 256 g/mol. The Labute approximate surface area is 111 Å². The number of thioether (sulfide) groups is 1. The summed E-state index contributed by atoms with van der Waals surface area (Å²) in [5, 5.41) is 0.767. The van der Waals surface area contributed by atoms with Crippen LogP contribution in [0.3, 0.4) is 0 Å². The Kier molecular flexibility index (Phi) is 3.82. The van der Waals surface area contributed by atoms with E-state index in [2.05, 4.69) is 44.4 Å². The summed E-state index contributed by atoms with van der Waals surface area (Å²) in [7, 11) is 0. The summed E-state index contributed by atoms with van der Waals surface area (Å²) in [6.45, 7) is 12.9. The third kappa shape index (κ3) is 2.52. The molecular weight excluding hydrogens is 228 g/mol. The molecule has 0 aromatic carbocycles. The lowest BCUT2D eigenvalue weighted by molar-refractivity contribution is 0.0632. The zero-order valence-electron chi connectivity index (χ0n) is 11.8. The Morgan fingerprint density at radius 2 is 2.06 bits per heavy atom. The van der Waals surface area contributed by atoms with E-state index < -0.39 is 0 Å². The standard InChI is InChI=1S/C14H28N2S/c1-11-7-13(3,4)9-14(11,10-15)16-5-6-17-12(2)8-16/h11-12H,5-10,15H2,1-4H3. The quantitative estimate of drug-likeness (QED) is 0.823. The van der Waals surface area contributed by atoms with Gasteiger partial charge < -0.3 is 5.73 Å². The van der Waals surface area contributed by atoms with Crippen LogP contribution in [0.5, 0.6) is 0 Å². The van der Waals surface area contributed by atoms with Gasteiger partial charge in [-0.25, -0.2) is 0 Å². The lowest BCUT2D eigenvalue weighted by Gasteiger charge is -2.47. The first kappa shape index (κ1) is 13.7. The third-order valence-corrected chi connectivity index (χ3v) is 5.92. The van der Waals surface area contributed by atoms with E-state index in [9.17, 15) is 0 Å². The van der Waals surface area contributed by atoms with Crippen LogP contribution in [0.15, 0.2) is 0 Å². The molecule has 0 spiro atoms. The molecule has 3 unspecified atom stereocenters. The Morgan fingerprint density at radius 1 is 1.35 bits per heavy atom. The molecule has 3 heteroatoms. The molecule has 0 radical (unpaired) electrons. The maximum absolute atomic E-state index is 6.21. The number of hydrogen-bond acceptors (Lipinski definition) is 3. The SMILES string of the molecule is CC1CN(C2(CN)CC(C)(C)CC2C)CCS1. The monoisotopic (exact) mass is 256 g/mol. The molecule has 2 nitrogen and oxygen atoms in total. The minimum Gasteiger partial charge on any atom is -0.329 e. The highest BCUT2D eigenvalue weighted by atomic mass is 32.2. The lowest BCUT2D eigenvalue weighted by Crippen LogP contribution is -2.59. The van der Waals surface area contributed by atoms with Crippen LogP contribution in [0.4, 0.5) is 0 Å². The minimum absolute atomic E-state index is 0.277. The van der Waals surface area contributed by atoms with Gasteiger partial charge in [-0.05, 0) is 24.2 Å². The van der Waals surface area contributed by atoms with Crippen molar-refractivity contribution in [2.24, 2.45) is 17.1 Å². The van der Waals surface area contributed by atoms with E-state index in [1.807, 2.05) is 0 Å². The second-order valence-electron chi connectivity index (χ2n) is 6.88. The third-order valence-electron chi connectivity index (χ3n) is 4.79. The van der Waals surface area contributed by atoms with Crippen LogP contribution in [0.2, 0.25) is 0 Å². The fourth-order valence-corrected chi connectivity index (χ4v) is 5.16. The van der Waals surface area contributed by atoms with Crippen molar-refractivity contribution in [2.75, 3.05) is 25.4 Å². The highest BCUT2D eigenvalue weighted by molar-refractivity contribution is 7.99. The summed E-state index contributed by atoms with van der Waals surface area (Å²) in [4.78, 5) is 2.72. The molecule has 2 rings (SSSR count). The summed E-state index contributed by atoms with van der Waals surface area (Å²) < 4.78 is 0. The number of nitrogens with two attached hydrogens (primary N) is 1. The van der Waals surface area contributed by atoms with Crippen molar-refractivity contribution < 1.29 is 0 Å². The molecule has 0 bridgehead atoms. The van der Waals surface area contributed by atoms with Crippen molar-refractivity contribution in [1.82, 2.24) is 4.90 Å².